The third-order valence-electron chi connectivity index (χ3n) is 7.96. The Bertz CT molecular complexity index is 826. The van der Waals surface area contributed by atoms with Gasteiger partial charge in [0.2, 0.25) is 11.9 Å². The molecule has 2 aliphatic heterocycles. The Hall–Kier alpha value is -2.42. The van der Waals surface area contributed by atoms with E-state index in [9.17, 15) is 14.9 Å². The summed E-state index contributed by atoms with van der Waals surface area (Å²) >= 11 is 0. The minimum atomic E-state index is -0.895. The topological polar surface area (TPSA) is 129 Å². The quantitative estimate of drug-likeness (QED) is 0.341. The zero-order valence-electron chi connectivity index (χ0n) is 23.4. The first kappa shape index (κ1) is 30.1. The number of rotatable bonds is 9. The van der Waals surface area contributed by atoms with E-state index < -0.39 is 17.7 Å². The molecule has 1 aliphatic carbocycles. The average molecular weight is 535 g/mol. The Labute approximate surface area is 227 Å². The fraction of sp³-hybridized carbons (Fsp3) is 0.852. The molecule has 0 bridgehead atoms. The molecule has 11 nitrogen and oxygen atoms in total. The molecule has 0 aromatic heterocycles. The van der Waals surface area contributed by atoms with Crippen LogP contribution < -0.4 is 10.6 Å². The Morgan fingerprint density at radius 1 is 1.16 bits per heavy atom. The van der Waals surface area contributed by atoms with E-state index in [0.717, 1.165) is 38.8 Å². The van der Waals surface area contributed by atoms with E-state index in [2.05, 4.69) is 21.6 Å². The first-order chi connectivity index (χ1) is 18.3. The van der Waals surface area contributed by atoms with Gasteiger partial charge in [-0.1, -0.05) is 32.1 Å². The Morgan fingerprint density at radius 2 is 1.84 bits per heavy atom. The van der Waals surface area contributed by atoms with Gasteiger partial charge >= 0.3 is 6.09 Å². The number of guanidine groups is 1. The monoisotopic (exact) mass is 534 g/mol. The Morgan fingerprint density at radius 3 is 2.47 bits per heavy atom. The second kappa shape index (κ2) is 15.2. The van der Waals surface area contributed by atoms with Gasteiger partial charge in [0.05, 0.1) is 32.0 Å². The summed E-state index contributed by atoms with van der Waals surface area (Å²) in [5, 5.41) is 15.9. The summed E-state index contributed by atoms with van der Waals surface area (Å²) in [7, 11) is 3.64. The number of alkyl carbamates (subject to hydrolysis) is 1. The lowest BCUT2D eigenvalue weighted by Crippen LogP contribution is -2.56. The number of likely N-dealkylation sites (tertiary alicyclic amines) is 1. The molecule has 1 saturated carbocycles. The molecule has 2 amide bonds. The number of aliphatic imine (C=N–C) groups is 1. The van der Waals surface area contributed by atoms with Gasteiger partial charge in [0.1, 0.15) is 11.6 Å². The highest BCUT2D eigenvalue weighted by molar-refractivity contribution is 5.96. The van der Waals surface area contributed by atoms with Gasteiger partial charge in [-0.15, -0.1) is 0 Å². The van der Waals surface area contributed by atoms with E-state index in [1.807, 2.05) is 18.9 Å². The van der Waals surface area contributed by atoms with E-state index in [0.29, 0.717) is 63.9 Å². The highest BCUT2D eigenvalue weighted by atomic mass is 16.6. The molecule has 0 aromatic carbocycles. The molecule has 2 atom stereocenters. The van der Waals surface area contributed by atoms with Gasteiger partial charge < -0.3 is 29.3 Å². The van der Waals surface area contributed by atoms with Crippen molar-refractivity contribution in [2.45, 2.75) is 82.4 Å². The molecule has 3 fully saturated rings. The van der Waals surface area contributed by atoms with E-state index in [1.165, 1.54) is 6.42 Å². The highest BCUT2D eigenvalue weighted by Crippen LogP contribution is 2.29. The number of carbonyl (C=O) groups is 2. The van der Waals surface area contributed by atoms with Crippen LogP contribution in [0.2, 0.25) is 0 Å². The van der Waals surface area contributed by atoms with Gasteiger partial charge in [0, 0.05) is 39.7 Å². The lowest BCUT2D eigenvalue weighted by molar-refractivity contribution is -0.124. The maximum Gasteiger partial charge on any atom is 0.413 e. The lowest BCUT2D eigenvalue weighted by Gasteiger charge is -2.37. The van der Waals surface area contributed by atoms with Crippen molar-refractivity contribution in [1.82, 2.24) is 20.4 Å². The molecule has 2 saturated heterocycles. The fourth-order valence-electron chi connectivity index (χ4n) is 5.22. The zero-order chi connectivity index (χ0) is 27.4. The molecule has 0 spiro atoms. The van der Waals surface area contributed by atoms with Gasteiger partial charge in [-0.2, -0.15) is 5.26 Å². The predicted octanol–water partition coefficient (Wildman–Crippen LogP) is 2.27. The average Bonchev–Trinajstić information content (AvgIpc) is 2.94. The fourth-order valence-corrected chi connectivity index (χ4v) is 5.22. The zero-order valence-corrected chi connectivity index (χ0v) is 23.4. The van der Waals surface area contributed by atoms with E-state index >= 15 is 0 Å². The molecular formula is C27H46N6O5. The molecule has 2 heterocycles. The number of nitrogens with zero attached hydrogens (tertiary/aromatic N) is 4. The Kier molecular flexibility index (Phi) is 12.1. The molecule has 38 heavy (non-hydrogen) atoms. The number of ether oxygens (including phenoxy) is 3. The summed E-state index contributed by atoms with van der Waals surface area (Å²) in [5.74, 6) is 0.451. The number of hydrogen-bond donors (Lipinski definition) is 2. The van der Waals surface area contributed by atoms with Crippen molar-refractivity contribution in [3.63, 3.8) is 0 Å². The second-order valence-electron chi connectivity index (χ2n) is 10.9. The standard InChI is InChI=1S/C27H46N6O5/c1-21(36-3)9-16-38-26(35)30-25(33-14-17-37-18-15-33)29-23(19-22-7-5-4-6-8-22)24(34)31-27(20-28)10-12-32(2)13-11-27/h21-23H,4-19H2,1-3H3,(H,31,34)(H,29,30,35). The third kappa shape index (κ3) is 9.40. The van der Waals surface area contributed by atoms with Crippen LogP contribution in [0.15, 0.2) is 4.99 Å². The third-order valence-corrected chi connectivity index (χ3v) is 7.96. The number of nitriles is 1. The van der Waals surface area contributed by atoms with E-state index in [4.69, 9.17) is 19.2 Å². The number of methoxy groups -OCH3 is 1. The van der Waals surface area contributed by atoms with Crippen LogP contribution in [0.25, 0.3) is 0 Å². The van der Waals surface area contributed by atoms with Crippen molar-refractivity contribution in [2.24, 2.45) is 10.9 Å². The summed E-state index contributed by atoms with van der Waals surface area (Å²) in [4.78, 5) is 35.4. The van der Waals surface area contributed by atoms with Crippen LogP contribution in [0.1, 0.15) is 64.7 Å². The van der Waals surface area contributed by atoms with Crippen LogP contribution in [0.4, 0.5) is 4.79 Å². The van der Waals surface area contributed by atoms with Gasteiger partial charge in [-0.05, 0) is 39.2 Å². The van der Waals surface area contributed by atoms with Gasteiger partial charge in [0.25, 0.3) is 0 Å². The van der Waals surface area contributed by atoms with Crippen LogP contribution in [0.5, 0.6) is 0 Å². The largest absolute Gasteiger partial charge is 0.449 e. The Balaban J connectivity index is 1.79. The van der Waals surface area contributed by atoms with Crippen LogP contribution in [-0.4, -0.2) is 106 Å². The van der Waals surface area contributed by atoms with Crippen LogP contribution >= 0.6 is 0 Å². The van der Waals surface area contributed by atoms with Crippen molar-refractivity contribution in [3.05, 3.63) is 0 Å². The summed E-state index contributed by atoms with van der Waals surface area (Å²) < 4.78 is 16.1. The normalized spacial score (nSPS) is 22.7. The SMILES string of the molecule is COC(C)CCOC(=O)NC(=NC(CC1CCCCC1)C(=O)NC1(C#N)CCN(C)CC1)N1CCOCC1. The number of morpholine rings is 1. The van der Waals surface area contributed by atoms with Crippen molar-refractivity contribution >= 4 is 18.0 Å². The molecular weight excluding hydrogens is 488 g/mol. The van der Waals surface area contributed by atoms with Gasteiger partial charge in [0.15, 0.2) is 0 Å². The maximum atomic E-state index is 13.7. The van der Waals surface area contributed by atoms with E-state index in [1.54, 1.807) is 7.11 Å². The van der Waals surface area contributed by atoms with Crippen LogP contribution in [-0.2, 0) is 19.0 Å². The molecule has 3 rings (SSSR count). The number of hydrogen-bond acceptors (Lipinski definition) is 8. The van der Waals surface area contributed by atoms with Crippen LogP contribution in [0, 0.1) is 17.2 Å². The first-order valence-corrected chi connectivity index (χ1v) is 14.1. The van der Waals surface area contributed by atoms with Crippen molar-refractivity contribution < 1.29 is 23.8 Å². The number of amides is 2. The summed E-state index contributed by atoms with van der Waals surface area (Å²) in [5.41, 5.74) is -0.895. The second-order valence-corrected chi connectivity index (χ2v) is 10.9. The number of carbonyl (C=O) groups excluding carboxylic acids is 2. The summed E-state index contributed by atoms with van der Waals surface area (Å²) in [6, 6.07) is 1.67. The molecule has 2 N–H and O–H groups in total. The van der Waals surface area contributed by atoms with Gasteiger partial charge in [-0.3, -0.25) is 10.1 Å². The van der Waals surface area contributed by atoms with E-state index in [-0.39, 0.29) is 18.6 Å². The molecule has 0 aromatic rings. The summed E-state index contributed by atoms with van der Waals surface area (Å²) in [6.07, 6.45) is 7.32. The highest BCUT2D eigenvalue weighted by Gasteiger charge is 2.38. The van der Waals surface area contributed by atoms with Crippen molar-refractivity contribution in [1.29, 1.82) is 5.26 Å². The van der Waals surface area contributed by atoms with Crippen LogP contribution in [0.3, 0.4) is 0 Å². The molecule has 2 unspecified atom stereocenters. The predicted molar refractivity (Wildman–Crippen MR) is 144 cm³/mol. The molecule has 11 heteroatoms. The maximum absolute atomic E-state index is 13.7. The lowest BCUT2D eigenvalue weighted by atomic mass is 9.84. The first-order valence-electron chi connectivity index (χ1n) is 14.1. The minimum Gasteiger partial charge on any atom is -0.449 e. The van der Waals surface area contributed by atoms with Gasteiger partial charge in [-0.25, -0.2) is 9.79 Å². The number of nitrogens with one attached hydrogen (secondary N) is 2. The summed E-state index contributed by atoms with van der Waals surface area (Å²) in [6.45, 7) is 5.73. The number of piperidine rings is 1. The molecule has 0 radical (unpaired) electrons. The molecule has 3 aliphatic rings. The van der Waals surface area contributed by atoms with Crippen molar-refractivity contribution in [2.75, 3.05) is 60.2 Å². The minimum absolute atomic E-state index is 0.0224. The molecule has 214 valence electrons. The smallest absolute Gasteiger partial charge is 0.413 e. The van der Waals surface area contributed by atoms with Crippen molar-refractivity contribution in [3.8, 4) is 6.07 Å².